The SMILES string of the molecule is CCS(=O)(=O)c1nnc(NC(=O)/C(C#N)=C\c2ccc(OCCOc3ccccc3Cl)cc2)s1. The number of rotatable bonds is 10. The monoisotopic (exact) mass is 518 g/mol. The van der Waals surface area contributed by atoms with Crippen LogP contribution in [-0.2, 0) is 14.6 Å². The van der Waals surface area contributed by atoms with Crippen molar-refractivity contribution in [2.75, 3.05) is 24.3 Å². The zero-order chi connectivity index (χ0) is 24.6. The van der Waals surface area contributed by atoms with Crippen molar-refractivity contribution in [3.05, 3.63) is 64.7 Å². The number of carbonyl (C=O) groups excluding carboxylic acids is 1. The van der Waals surface area contributed by atoms with Gasteiger partial charge in [-0.3, -0.25) is 10.1 Å². The summed E-state index contributed by atoms with van der Waals surface area (Å²) in [5.41, 5.74) is 0.412. The van der Waals surface area contributed by atoms with Crippen LogP contribution in [0.4, 0.5) is 5.13 Å². The van der Waals surface area contributed by atoms with Crippen molar-refractivity contribution in [2.45, 2.75) is 11.3 Å². The molecule has 0 aliphatic rings. The van der Waals surface area contributed by atoms with E-state index in [4.69, 9.17) is 21.1 Å². The molecule has 3 aromatic rings. The van der Waals surface area contributed by atoms with Crippen molar-refractivity contribution in [1.29, 1.82) is 5.26 Å². The topological polar surface area (TPSA) is 131 Å². The summed E-state index contributed by atoms with van der Waals surface area (Å²) < 4.78 is 34.7. The summed E-state index contributed by atoms with van der Waals surface area (Å²) in [5, 5.41) is 19.5. The Labute approximate surface area is 205 Å². The molecular formula is C22H19ClN4O5S2. The molecule has 1 amide bonds. The molecule has 176 valence electrons. The molecule has 34 heavy (non-hydrogen) atoms. The highest BCUT2D eigenvalue weighted by atomic mass is 35.5. The van der Waals surface area contributed by atoms with Crippen LogP contribution in [0, 0.1) is 11.3 Å². The summed E-state index contributed by atoms with van der Waals surface area (Å²) in [7, 11) is -3.53. The Morgan fingerprint density at radius 3 is 2.53 bits per heavy atom. The van der Waals surface area contributed by atoms with Gasteiger partial charge in [0.25, 0.3) is 5.91 Å². The number of nitrogens with one attached hydrogen (secondary N) is 1. The van der Waals surface area contributed by atoms with E-state index in [2.05, 4.69) is 15.5 Å². The average molecular weight is 519 g/mol. The second-order valence-electron chi connectivity index (χ2n) is 6.60. The molecule has 0 spiro atoms. The third-order valence-electron chi connectivity index (χ3n) is 4.28. The standard InChI is InChI=1S/C22H19ClN4O5S2/c1-2-34(29,30)22-27-26-21(33-22)25-20(28)16(14-24)13-15-7-9-17(10-8-15)31-11-12-32-19-6-4-3-5-18(19)23/h3-10,13H,2,11-12H2,1H3,(H,25,26,28)/b16-13-. The third kappa shape index (κ3) is 6.77. The number of anilines is 1. The predicted molar refractivity (Wildman–Crippen MR) is 129 cm³/mol. The number of para-hydroxylation sites is 1. The van der Waals surface area contributed by atoms with Crippen LogP contribution >= 0.6 is 22.9 Å². The van der Waals surface area contributed by atoms with Gasteiger partial charge in [0.2, 0.25) is 19.3 Å². The molecule has 0 radical (unpaired) electrons. The van der Waals surface area contributed by atoms with E-state index in [1.54, 1.807) is 36.4 Å². The zero-order valence-corrected chi connectivity index (χ0v) is 20.3. The highest BCUT2D eigenvalue weighted by Crippen LogP contribution is 2.23. The average Bonchev–Trinajstić information content (AvgIpc) is 3.31. The molecule has 3 rings (SSSR count). The molecular weight excluding hydrogens is 500 g/mol. The van der Waals surface area contributed by atoms with E-state index in [1.165, 1.54) is 13.0 Å². The molecule has 1 N–H and O–H groups in total. The lowest BCUT2D eigenvalue weighted by Gasteiger charge is -2.09. The van der Waals surface area contributed by atoms with E-state index in [0.29, 0.717) is 35.3 Å². The number of nitriles is 1. The van der Waals surface area contributed by atoms with Gasteiger partial charge in [-0.15, -0.1) is 10.2 Å². The smallest absolute Gasteiger partial charge is 0.268 e. The van der Waals surface area contributed by atoms with Crippen LogP contribution in [0.1, 0.15) is 12.5 Å². The maximum atomic E-state index is 12.4. The van der Waals surface area contributed by atoms with Gasteiger partial charge < -0.3 is 9.47 Å². The van der Waals surface area contributed by atoms with Crippen molar-refractivity contribution < 1.29 is 22.7 Å². The van der Waals surface area contributed by atoms with Crippen molar-refractivity contribution in [3.63, 3.8) is 0 Å². The second kappa shape index (κ2) is 11.6. The minimum atomic E-state index is -3.53. The van der Waals surface area contributed by atoms with Gasteiger partial charge in [-0.2, -0.15) is 5.26 Å². The minimum Gasteiger partial charge on any atom is -0.490 e. The quantitative estimate of drug-likeness (QED) is 0.184. The molecule has 9 nitrogen and oxygen atoms in total. The van der Waals surface area contributed by atoms with E-state index < -0.39 is 15.7 Å². The molecule has 12 heteroatoms. The van der Waals surface area contributed by atoms with Crippen LogP contribution in [0.5, 0.6) is 11.5 Å². The highest BCUT2D eigenvalue weighted by Gasteiger charge is 2.19. The Morgan fingerprint density at radius 1 is 1.15 bits per heavy atom. The number of hydrogen-bond donors (Lipinski definition) is 1. The summed E-state index contributed by atoms with van der Waals surface area (Å²) in [5.74, 6) is 0.303. The fourth-order valence-corrected chi connectivity index (χ4v) is 4.70. The Hall–Kier alpha value is -3.46. The summed E-state index contributed by atoms with van der Waals surface area (Å²) in [4.78, 5) is 12.4. The van der Waals surface area contributed by atoms with Crippen molar-refractivity contribution in [2.24, 2.45) is 0 Å². The first-order chi connectivity index (χ1) is 16.3. The molecule has 0 aliphatic carbocycles. The van der Waals surface area contributed by atoms with E-state index in [9.17, 15) is 18.5 Å². The van der Waals surface area contributed by atoms with Crippen LogP contribution in [0.3, 0.4) is 0 Å². The van der Waals surface area contributed by atoms with Gasteiger partial charge in [-0.25, -0.2) is 8.42 Å². The summed E-state index contributed by atoms with van der Waals surface area (Å²) >= 11 is 6.76. The van der Waals surface area contributed by atoms with E-state index >= 15 is 0 Å². The first-order valence-corrected chi connectivity index (χ1v) is 12.8. The van der Waals surface area contributed by atoms with Crippen LogP contribution < -0.4 is 14.8 Å². The highest BCUT2D eigenvalue weighted by molar-refractivity contribution is 7.93. The first kappa shape index (κ1) is 25.2. The van der Waals surface area contributed by atoms with Crippen LogP contribution in [-0.4, -0.2) is 43.5 Å². The van der Waals surface area contributed by atoms with Crippen LogP contribution in [0.25, 0.3) is 6.08 Å². The lowest BCUT2D eigenvalue weighted by Crippen LogP contribution is -2.13. The molecule has 2 aromatic carbocycles. The summed E-state index contributed by atoms with van der Waals surface area (Å²) in [6.07, 6.45) is 1.39. The van der Waals surface area contributed by atoms with Crippen LogP contribution in [0.15, 0.2) is 58.4 Å². The number of aromatic nitrogens is 2. The molecule has 0 saturated heterocycles. The fraction of sp³-hybridized carbons (Fsp3) is 0.182. The first-order valence-electron chi connectivity index (χ1n) is 9.92. The van der Waals surface area contributed by atoms with E-state index in [-0.39, 0.29) is 20.8 Å². The molecule has 0 aliphatic heterocycles. The Bertz CT molecular complexity index is 1330. The normalized spacial score (nSPS) is 11.5. The Morgan fingerprint density at radius 2 is 1.85 bits per heavy atom. The van der Waals surface area contributed by atoms with Gasteiger partial charge in [-0.1, -0.05) is 54.1 Å². The van der Waals surface area contributed by atoms with Crippen molar-refractivity contribution in [3.8, 4) is 17.6 Å². The van der Waals surface area contributed by atoms with Crippen molar-refractivity contribution >= 4 is 49.9 Å². The number of hydrogen-bond acceptors (Lipinski definition) is 9. The van der Waals surface area contributed by atoms with Gasteiger partial charge >= 0.3 is 0 Å². The lowest BCUT2D eigenvalue weighted by molar-refractivity contribution is -0.112. The number of halogens is 1. The number of carbonyl (C=O) groups is 1. The van der Waals surface area contributed by atoms with Gasteiger partial charge in [0.1, 0.15) is 36.4 Å². The number of sulfone groups is 1. The van der Waals surface area contributed by atoms with E-state index in [1.807, 2.05) is 18.2 Å². The molecule has 0 atom stereocenters. The maximum absolute atomic E-state index is 12.4. The van der Waals surface area contributed by atoms with Crippen LogP contribution in [0.2, 0.25) is 5.02 Å². The Kier molecular flexibility index (Phi) is 8.59. The predicted octanol–water partition coefficient (Wildman–Crippen LogP) is 3.99. The molecule has 0 fully saturated rings. The number of ether oxygens (including phenoxy) is 2. The van der Waals surface area contributed by atoms with Crippen molar-refractivity contribution in [1.82, 2.24) is 10.2 Å². The van der Waals surface area contributed by atoms with E-state index in [0.717, 1.165) is 11.3 Å². The number of benzene rings is 2. The second-order valence-corrected chi connectivity index (χ2v) is 10.4. The van der Waals surface area contributed by atoms with Gasteiger partial charge in [0.05, 0.1) is 10.8 Å². The minimum absolute atomic E-state index is 0.0130. The largest absolute Gasteiger partial charge is 0.490 e. The summed E-state index contributed by atoms with van der Waals surface area (Å²) in [6, 6.07) is 15.7. The lowest BCUT2D eigenvalue weighted by atomic mass is 10.1. The van der Waals surface area contributed by atoms with Gasteiger partial charge in [0, 0.05) is 0 Å². The molecule has 0 saturated carbocycles. The van der Waals surface area contributed by atoms with Gasteiger partial charge in [0.15, 0.2) is 0 Å². The Balaban J connectivity index is 1.56. The van der Waals surface area contributed by atoms with Gasteiger partial charge in [-0.05, 0) is 35.9 Å². The fourth-order valence-electron chi connectivity index (χ4n) is 2.52. The molecule has 1 heterocycles. The maximum Gasteiger partial charge on any atom is 0.268 e. The molecule has 0 unspecified atom stereocenters. The number of amides is 1. The number of nitrogens with zero attached hydrogens (tertiary/aromatic N) is 3. The third-order valence-corrected chi connectivity index (χ3v) is 7.61. The molecule has 1 aromatic heterocycles. The summed E-state index contributed by atoms with van der Waals surface area (Å²) in [6.45, 7) is 2.08. The zero-order valence-electron chi connectivity index (χ0n) is 17.9. The molecule has 0 bridgehead atoms.